The molecule has 1 fully saturated rings. The van der Waals surface area contributed by atoms with Gasteiger partial charge in [0.2, 0.25) is 15.9 Å². The number of amides is 1. The fourth-order valence-corrected chi connectivity index (χ4v) is 5.14. The molecule has 1 amide bonds. The lowest BCUT2D eigenvalue weighted by atomic mass is 10.1. The number of aromatic nitrogens is 1. The lowest BCUT2D eigenvalue weighted by molar-refractivity contribution is -0.119. The maximum absolute atomic E-state index is 12.8. The highest BCUT2D eigenvalue weighted by Gasteiger charge is 2.38. The molecule has 7 heteroatoms. The van der Waals surface area contributed by atoms with Gasteiger partial charge in [-0.05, 0) is 55.5 Å². The molecule has 0 radical (unpaired) electrons. The van der Waals surface area contributed by atoms with Crippen molar-refractivity contribution in [2.45, 2.75) is 38.6 Å². The first-order valence-electron chi connectivity index (χ1n) is 9.83. The summed E-state index contributed by atoms with van der Waals surface area (Å²) in [5, 5.41) is 2.85. The monoisotopic (exact) mass is 411 g/mol. The van der Waals surface area contributed by atoms with E-state index in [9.17, 15) is 13.2 Å². The molecule has 2 heterocycles. The Balaban J connectivity index is 1.70. The number of nitrogens with one attached hydrogen (secondary N) is 1. The second-order valence-corrected chi connectivity index (χ2v) is 9.01. The van der Waals surface area contributed by atoms with Gasteiger partial charge < -0.3 is 5.32 Å². The average molecular weight is 412 g/mol. The number of sulfonamides is 1. The van der Waals surface area contributed by atoms with Crippen LogP contribution in [0.5, 0.6) is 0 Å². The Morgan fingerprint density at radius 3 is 2.86 bits per heavy atom. The van der Waals surface area contributed by atoms with Gasteiger partial charge in [0.15, 0.2) is 0 Å². The van der Waals surface area contributed by atoms with Crippen molar-refractivity contribution in [3.05, 3.63) is 59.9 Å². The molecule has 1 atom stereocenters. The second-order valence-electron chi connectivity index (χ2n) is 6.97. The third kappa shape index (κ3) is 5.66. The summed E-state index contributed by atoms with van der Waals surface area (Å²) in [6.45, 7) is 2.35. The second kappa shape index (κ2) is 9.68. The van der Waals surface area contributed by atoms with Gasteiger partial charge in [-0.1, -0.05) is 31.4 Å². The van der Waals surface area contributed by atoms with Crippen LogP contribution in [0.3, 0.4) is 0 Å². The fourth-order valence-electron chi connectivity index (χ4n) is 3.25. The van der Waals surface area contributed by atoms with Gasteiger partial charge in [0, 0.05) is 24.0 Å². The van der Waals surface area contributed by atoms with Gasteiger partial charge in [0.25, 0.3) is 0 Å². The molecule has 2 aromatic rings. The SMILES string of the molecule is CCCCS(=O)(=O)N1CCCC1C(=O)Nc1cccc(C#Cc2ccccn2)c1. The molecule has 152 valence electrons. The number of benzene rings is 1. The summed E-state index contributed by atoms with van der Waals surface area (Å²) >= 11 is 0. The Morgan fingerprint density at radius 1 is 1.24 bits per heavy atom. The number of carbonyl (C=O) groups is 1. The molecule has 0 saturated carbocycles. The molecule has 3 rings (SSSR count). The number of nitrogens with zero attached hydrogens (tertiary/aromatic N) is 2. The van der Waals surface area contributed by atoms with E-state index in [1.807, 2.05) is 37.3 Å². The number of anilines is 1. The molecule has 0 aliphatic carbocycles. The van der Waals surface area contributed by atoms with Gasteiger partial charge >= 0.3 is 0 Å². The number of carbonyl (C=O) groups excluding carboxylic acids is 1. The molecule has 1 aliphatic heterocycles. The molecule has 1 aromatic carbocycles. The van der Waals surface area contributed by atoms with E-state index in [-0.39, 0.29) is 11.7 Å². The molecular weight excluding hydrogens is 386 g/mol. The predicted molar refractivity (Wildman–Crippen MR) is 114 cm³/mol. The van der Waals surface area contributed by atoms with E-state index in [2.05, 4.69) is 22.1 Å². The van der Waals surface area contributed by atoms with Gasteiger partial charge in [0.05, 0.1) is 5.75 Å². The smallest absolute Gasteiger partial charge is 0.242 e. The molecule has 1 aliphatic rings. The van der Waals surface area contributed by atoms with Crippen LogP contribution in [0.25, 0.3) is 0 Å². The summed E-state index contributed by atoms with van der Waals surface area (Å²) in [5.74, 6) is 5.81. The number of hydrogen-bond donors (Lipinski definition) is 1. The van der Waals surface area contributed by atoms with E-state index < -0.39 is 16.1 Å². The largest absolute Gasteiger partial charge is 0.325 e. The molecule has 1 N–H and O–H groups in total. The zero-order valence-corrected chi connectivity index (χ0v) is 17.3. The summed E-state index contributed by atoms with van der Waals surface area (Å²) in [5.41, 5.74) is 2.01. The molecule has 1 unspecified atom stereocenters. The third-order valence-electron chi connectivity index (χ3n) is 4.75. The Labute approximate surface area is 172 Å². The van der Waals surface area contributed by atoms with E-state index in [4.69, 9.17) is 0 Å². The van der Waals surface area contributed by atoms with Crippen LogP contribution in [0.2, 0.25) is 0 Å². The van der Waals surface area contributed by atoms with Gasteiger partial charge in [-0.3, -0.25) is 4.79 Å². The highest BCUT2D eigenvalue weighted by Crippen LogP contribution is 2.23. The van der Waals surface area contributed by atoms with Crippen molar-refractivity contribution in [1.82, 2.24) is 9.29 Å². The highest BCUT2D eigenvalue weighted by atomic mass is 32.2. The van der Waals surface area contributed by atoms with Crippen LogP contribution >= 0.6 is 0 Å². The lowest BCUT2D eigenvalue weighted by Crippen LogP contribution is -2.44. The van der Waals surface area contributed by atoms with Crippen LogP contribution in [0.15, 0.2) is 48.7 Å². The standard InChI is InChI=1S/C22H25N3O3S/c1-2-3-16-29(27,28)25-15-7-11-21(25)22(26)24-20-10-6-8-18(17-20)12-13-19-9-4-5-14-23-19/h4-6,8-10,14,17,21H,2-3,7,11,15-16H2,1H3,(H,24,26). The van der Waals surface area contributed by atoms with E-state index in [0.29, 0.717) is 37.2 Å². The molecule has 0 bridgehead atoms. The highest BCUT2D eigenvalue weighted by molar-refractivity contribution is 7.89. The fraction of sp³-hybridized carbons (Fsp3) is 0.364. The van der Waals surface area contributed by atoms with Crippen molar-refractivity contribution < 1.29 is 13.2 Å². The van der Waals surface area contributed by atoms with Gasteiger partial charge in [0.1, 0.15) is 11.7 Å². The number of rotatable bonds is 6. The van der Waals surface area contributed by atoms with Crippen LogP contribution in [-0.4, -0.2) is 42.0 Å². The first kappa shape index (κ1) is 21.0. The number of hydrogen-bond acceptors (Lipinski definition) is 4. The zero-order chi connectivity index (χ0) is 20.7. The van der Waals surface area contributed by atoms with E-state index in [0.717, 1.165) is 12.0 Å². The van der Waals surface area contributed by atoms with E-state index in [1.54, 1.807) is 18.3 Å². The zero-order valence-electron chi connectivity index (χ0n) is 16.5. The minimum Gasteiger partial charge on any atom is -0.325 e. The van der Waals surface area contributed by atoms with Crippen LogP contribution in [0.1, 0.15) is 43.9 Å². The van der Waals surface area contributed by atoms with Crippen molar-refractivity contribution >= 4 is 21.6 Å². The normalized spacial score (nSPS) is 16.8. The first-order valence-corrected chi connectivity index (χ1v) is 11.4. The van der Waals surface area contributed by atoms with Gasteiger partial charge in [-0.25, -0.2) is 13.4 Å². The van der Waals surface area contributed by atoms with Crippen molar-refractivity contribution in [1.29, 1.82) is 0 Å². The maximum Gasteiger partial charge on any atom is 0.242 e. The molecule has 1 saturated heterocycles. The summed E-state index contributed by atoms with van der Waals surface area (Å²) in [4.78, 5) is 16.9. The van der Waals surface area contributed by atoms with E-state index in [1.165, 1.54) is 4.31 Å². The summed E-state index contributed by atoms with van der Waals surface area (Å²) < 4.78 is 26.5. The van der Waals surface area contributed by atoms with Crippen LogP contribution < -0.4 is 5.32 Å². The summed E-state index contributed by atoms with van der Waals surface area (Å²) in [6, 6.07) is 12.1. The van der Waals surface area contributed by atoms with Gasteiger partial charge in [-0.15, -0.1) is 0 Å². The molecule has 0 spiro atoms. The Hall–Kier alpha value is -2.69. The van der Waals surface area contributed by atoms with Gasteiger partial charge in [-0.2, -0.15) is 4.31 Å². The predicted octanol–water partition coefficient (Wildman–Crippen LogP) is 3.01. The molecule has 1 aromatic heterocycles. The minimum absolute atomic E-state index is 0.0892. The molecule has 29 heavy (non-hydrogen) atoms. The Bertz CT molecular complexity index is 1010. The molecular formula is C22H25N3O3S. The van der Waals surface area contributed by atoms with Crippen molar-refractivity contribution in [3.8, 4) is 11.8 Å². The third-order valence-corrected chi connectivity index (χ3v) is 6.71. The average Bonchev–Trinajstić information content (AvgIpc) is 3.23. The summed E-state index contributed by atoms with van der Waals surface area (Å²) in [7, 11) is -3.41. The number of unbranched alkanes of at least 4 members (excludes halogenated alkanes) is 1. The maximum atomic E-state index is 12.8. The Morgan fingerprint density at radius 2 is 2.10 bits per heavy atom. The lowest BCUT2D eigenvalue weighted by Gasteiger charge is -2.23. The van der Waals surface area contributed by atoms with Crippen molar-refractivity contribution in [2.75, 3.05) is 17.6 Å². The molecule has 6 nitrogen and oxygen atoms in total. The van der Waals surface area contributed by atoms with E-state index >= 15 is 0 Å². The van der Waals surface area contributed by atoms with Crippen LogP contribution in [0.4, 0.5) is 5.69 Å². The van der Waals surface area contributed by atoms with Crippen LogP contribution in [0, 0.1) is 11.8 Å². The topological polar surface area (TPSA) is 79.4 Å². The number of pyridine rings is 1. The van der Waals surface area contributed by atoms with Crippen molar-refractivity contribution in [3.63, 3.8) is 0 Å². The first-order chi connectivity index (χ1) is 14.0. The summed E-state index contributed by atoms with van der Waals surface area (Å²) in [6.07, 6.45) is 4.32. The van der Waals surface area contributed by atoms with Crippen LogP contribution in [-0.2, 0) is 14.8 Å². The minimum atomic E-state index is -3.41. The quantitative estimate of drug-likeness (QED) is 0.741. The van der Waals surface area contributed by atoms with Crippen molar-refractivity contribution in [2.24, 2.45) is 0 Å². The Kier molecular flexibility index (Phi) is 7.02.